The maximum Gasteiger partial charge on any atom is -0.0105 e. The topological polar surface area (TPSA) is 0 Å². The predicted octanol–water partition coefficient (Wildman–Crippen LogP) is 14.4. The third kappa shape index (κ3) is 7.89. The van der Waals surface area contributed by atoms with Crippen molar-refractivity contribution in [3.63, 3.8) is 0 Å². The Hall–Kier alpha value is -7.02. The zero-order valence-corrected chi connectivity index (χ0v) is 30.1. The maximum atomic E-state index is 2.32. The van der Waals surface area contributed by atoms with E-state index in [9.17, 15) is 0 Å². The number of hydrogen-bond acceptors (Lipinski definition) is 0. The van der Waals surface area contributed by atoms with Crippen LogP contribution in [0.3, 0.4) is 0 Å². The summed E-state index contributed by atoms with van der Waals surface area (Å²) < 4.78 is 0. The summed E-state index contributed by atoms with van der Waals surface area (Å²) in [5.74, 6) is 0. The molecule has 0 fully saturated rings. The lowest BCUT2D eigenvalue weighted by Crippen LogP contribution is -1.90. The van der Waals surface area contributed by atoms with Gasteiger partial charge in [-0.1, -0.05) is 231 Å². The van der Waals surface area contributed by atoms with Crippen LogP contribution in [-0.2, 0) is 0 Å². The largest absolute Gasteiger partial charge is 0.0622 e. The number of rotatable bonds is 10. The van der Waals surface area contributed by atoms with E-state index in [4.69, 9.17) is 0 Å². The lowest BCUT2D eigenvalue weighted by molar-refractivity contribution is 1.54. The van der Waals surface area contributed by atoms with Crippen LogP contribution in [0.4, 0.5) is 0 Å². The first-order valence-electron chi connectivity index (χ1n) is 18.5. The van der Waals surface area contributed by atoms with Gasteiger partial charge in [-0.2, -0.15) is 0 Å². The summed E-state index contributed by atoms with van der Waals surface area (Å²) in [4.78, 5) is 0. The molecule has 0 atom stereocenters. The third-order valence-electron chi connectivity index (χ3n) is 9.81. The molecule has 0 saturated carbocycles. The summed E-state index contributed by atoms with van der Waals surface area (Å²) in [6.07, 6.45) is 13.7. The average molecular weight is 689 g/mol. The van der Waals surface area contributed by atoms with Crippen molar-refractivity contribution >= 4 is 58.4 Å². The Bertz CT molecular complexity index is 2520. The van der Waals surface area contributed by atoms with Gasteiger partial charge in [-0.15, -0.1) is 0 Å². The van der Waals surface area contributed by atoms with E-state index >= 15 is 0 Å². The summed E-state index contributed by atoms with van der Waals surface area (Å²) in [5.41, 5.74) is 14.2. The van der Waals surface area contributed by atoms with Crippen LogP contribution in [-0.4, -0.2) is 0 Å². The van der Waals surface area contributed by atoms with E-state index in [0.29, 0.717) is 0 Å². The van der Waals surface area contributed by atoms with E-state index in [0.717, 1.165) is 16.7 Å². The Balaban J connectivity index is 1.19. The van der Waals surface area contributed by atoms with E-state index in [1.807, 2.05) is 0 Å². The van der Waals surface area contributed by atoms with Gasteiger partial charge in [-0.05, 0) is 89.7 Å². The Morgan fingerprint density at radius 3 is 1.07 bits per heavy atom. The molecule has 0 unspecified atom stereocenters. The van der Waals surface area contributed by atoms with Crippen LogP contribution in [0, 0.1) is 0 Å². The van der Waals surface area contributed by atoms with E-state index in [1.165, 1.54) is 60.9 Å². The second-order valence-electron chi connectivity index (χ2n) is 13.3. The maximum absolute atomic E-state index is 2.32. The number of fused-ring (bicyclic) bond motifs is 1. The van der Waals surface area contributed by atoms with Crippen molar-refractivity contribution in [3.8, 4) is 0 Å². The van der Waals surface area contributed by atoms with Crippen molar-refractivity contribution in [1.29, 1.82) is 0 Å². The summed E-state index contributed by atoms with van der Waals surface area (Å²) in [5, 5.41) is 2.44. The van der Waals surface area contributed by atoms with Crippen molar-refractivity contribution in [2.24, 2.45) is 0 Å². The predicted molar refractivity (Wildman–Crippen MR) is 234 cm³/mol. The molecule has 0 aliphatic carbocycles. The minimum absolute atomic E-state index is 1.16. The molecule has 0 nitrogen and oxygen atoms in total. The Morgan fingerprint density at radius 2 is 0.611 bits per heavy atom. The molecule has 0 heteroatoms. The number of benzene rings is 8. The fraction of sp³-hybridized carbons (Fsp3) is 0. The Labute approximate surface area is 319 Å². The molecule has 0 N–H and O–H groups in total. The molecule has 0 amide bonds. The highest BCUT2D eigenvalue weighted by Crippen LogP contribution is 2.31. The summed E-state index contributed by atoms with van der Waals surface area (Å²) in [7, 11) is 0. The first-order valence-corrected chi connectivity index (χ1v) is 18.5. The van der Waals surface area contributed by atoms with Gasteiger partial charge in [0, 0.05) is 0 Å². The highest BCUT2D eigenvalue weighted by atomic mass is 14.1. The van der Waals surface area contributed by atoms with Gasteiger partial charge in [0.1, 0.15) is 0 Å². The normalized spacial score (nSPS) is 11.2. The fourth-order valence-electron chi connectivity index (χ4n) is 7.03. The van der Waals surface area contributed by atoms with E-state index in [-0.39, 0.29) is 0 Å². The Morgan fingerprint density at radius 1 is 0.259 bits per heavy atom. The van der Waals surface area contributed by atoms with Gasteiger partial charge in [-0.3, -0.25) is 0 Å². The summed E-state index contributed by atoms with van der Waals surface area (Å²) >= 11 is 0. The SMILES string of the molecule is C(=C(c1ccccc1)c1ccccc1)c1ccccc1/C=C\c1ccc2ccccc2c1/C=C/c1ccccc1C=C(c1ccccc1)c1ccccc1. The smallest absolute Gasteiger partial charge is 0.0105 e. The highest BCUT2D eigenvalue weighted by molar-refractivity contribution is 5.99. The van der Waals surface area contributed by atoms with Crippen LogP contribution >= 0.6 is 0 Å². The lowest BCUT2D eigenvalue weighted by Gasteiger charge is -2.11. The van der Waals surface area contributed by atoms with Gasteiger partial charge in [0.25, 0.3) is 0 Å². The second-order valence-corrected chi connectivity index (χ2v) is 13.3. The van der Waals surface area contributed by atoms with Crippen molar-refractivity contribution < 1.29 is 0 Å². The zero-order valence-electron chi connectivity index (χ0n) is 30.1. The van der Waals surface area contributed by atoms with Crippen molar-refractivity contribution in [2.75, 3.05) is 0 Å². The van der Waals surface area contributed by atoms with Crippen molar-refractivity contribution in [1.82, 2.24) is 0 Å². The standard InChI is InChI=1S/C54H40/c1-5-21-43(22-6-1)53(44-23-7-2-8-24-44)39-49-30-15-13-19-41(49)33-34-48-36-35-47-29-17-18-32-51(47)52(48)38-37-42-20-14-16-31-50(42)40-54(45-25-9-3-10-26-45)46-27-11-4-12-28-46/h1-40H/b34-33-,38-37+. The van der Waals surface area contributed by atoms with Crippen LogP contribution in [0.15, 0.2) is 206 Å². The van der Waals surface area contributed by atoms with Crippen LogP contribution in [0.25, 0.3) is 58.4 Å². The van der Waals surface area contributed by atoms with Crippen LogP contribution in [0.5, 0.6) is 0 Å². The van der Waals surface area contributed by atoms with Gasteiger partial charge in [0.15, 0.2) is 0 Å². The van der Waals surface area contributed by atoms with E-state index in [2.05, 4.69) is 243 Å². The molecule has 0 aliphatic heterocycles. The van der Waals surface area contributed by atoms with Crippen LogP contribution < -0.4 is 0 Å². The van der Waals surface area contributed by atoms with Crippen LogP contribution in [0.1, 0.15) is 55.6 Å². The monoisotopic (exact) mass is 688 g/mol. The third-order valence-corrected chi connectivity index (χ3v) is 9.81. The van der Waals surface area contributed by atoms with Gasteiger partial charge < -0.3 is 0 Å². The molecule has 0 radical (unpaired) electrons. The lowest BCUT2D eigenvalue weighted by atomic mass is 9.93. The summed E-state index contributed by atoms with van der Waals surface area (Å²) in [6, 6.07) is 73.0. The minimum atomic E-state index is 1.16. The molecule has 8 rings (SSSR count). The molecule has 0 saturated heterocycles. The van der Waals surface area contributed by atoms with Crippen molar-refractivity contribution in [3.05, 3.63) is 262 Å². The molecule has 0 bridgehead atoms. The molecule has 8 aromatic carbocycles. The second kappa shape index (κ2) is 16.5. The van der Waals surface area contributed by atoms with Crippen molar-refractivity contribution in [2.45, 2.75) is 0 Å². The van der Waals surface area contributed by atoms with E-state index in [1.54, 1.807) is 0 Å². The first-order chi connectivity index (χ1) is 26.8. The van der Waals surface area contributed by atoms with Crippen LogP contribution in [0.2, 0.25) is 0 Å². The molecule has 0 aromatic heterocycles. The molecule has 0 aliphatic rings. The molecule has 0 heterocycles. The highest BCUT2D eigenvalue weighted by Gasteiger charge is 2.09. The summed E-state index contributed by atoms with van der Waals surface area (Å²) in [6.45, 7) is 0. The minimum Gasteiger partial charge on any atom is -0.0622 e. The number of hydrogen-bond donors (Lipinski definition) is 0. The van der Waals surface area contributed by atoms with Gasteiger partial charge in [0.2, 0.25) is 0 Å². The average Bonchev–Trinajstić information content (AvgIpc) is 3.25. The van der Waals surface area contributed by atoms with Gasteiger partial charge >= 0.3 is 0 Å². The fourth-order valence-corrected chi connectivity index (χ4v) is 7.03. The molecule has 54 heavy (non-hydrogen) atoms. The molecule has 0 spiro atoms. The molecule has 256 valence electrons. The Kier molecular flexibility index (Phi) is 10.4. The zero-order chi connectivity index (χ0) is 36.4. The first kappa shape index (κ1) is 34.1. The molecule has 8 aromatic rings. The molecular formula is C54H40. The van der Waals surface area contributed by atoms with Gasteiger partial charge in [0.05, 0.1) is 0 Å². The van der Waals surface area contributed by atoms with Gasteiger partial charge in [-0.25, -0.2) is 0 Å². The quantitative estimate of drug-likeness (QED) is 0.125. The molecular weight excluding hydrogens is 649 g/mol. The van der Waals surface area contributed by atoms with E-state index < -0.39 is 0 Å².